The topological polar surface area (TPSA) is 300 Å². The maximum absolute atomic E-state index is 13.8. The molecule has 2 rings (SSSR count). The van der Waals surface area contributed by atoms with Crippen LogP contribution in [0.4, 0.5) is 0 Å². The maximum atomic E-state index is 13.8. The summed E-state index contributed by atoms with van der Waals surface area (Å²) in [6.45, 7) is 3.18. The lowest BCUT2D eigenvalue weighted by atomic mass is 9.87. The number of ether oxygens (including phenoxy) is 3. The average molecular weight is 821 g/mol. The van der Waals surface area contributed by atoms with Gasteiger partial charge in [-0.25, -0.2) is 17.7 Å². The molecule has 2 atom stereocenters. The van der Waals surface area contributed by atoms with E-state index in [4.69, 9.17) is 36.4 Å². The standard InChI is InChI=1S/C34H61N8O13P/c1-56(47,48)55-29-8-6-28(7-9-29)33(45)41-23-27-4-2-26(3-5-27)22-30(34(46)40-12-15-51-18-21-54-37)42(24-31(43)38-10-13-49-16-19-52-35)25-32(44)39-11-14-50-17-20-53-36/h2-5,28-30H,6-25,35-37H2,1H3,(H,38,43)(H,39,44)(H,40,46)(H,41,45)(H,47,48)/t28?,29?,30-/m0/s1. The van der Waals surface area contributed by atoms with E-state index in [9.17, 15) is 28.6 Å². The molecular formula is C34H61N8O13P. The van der Waals surface area contributed by atoms with E-state index < -0.39 is 31.4 Å². The minimum absolute atomic E-state index is 0.105. The number of benzene rings is 1. The lowest BCUT2D eigenvalue weighted by Crippen LogP contribution is -2.54. The summed E-state index contributed by atoms with van der Waals surface area (Å²) < 4.78 is 32.9. The van der Waals surface area contributed by atoms with Crippen LogP contribution in [0, 0.1) is 5.92 Å². The summed E-state index contributed by atoms with van der Waals surface area (Å²) in [4.78, 5) is 77.3. The first-order valence-electron chi connectivity index (χ1n) is 18.5. The van der Waals surface area contributed by atoms with E-state index in [0.717, 1.165) is 17.8 Å². The van der Waals surface area contributed by atoms with Crippen LogP contribution in [-0.2, 0) is 70.0 Å². The van der Waals surface area contributed by atoms with E-state index >= 15 is 0 Å². The Morgan fingerprint density at radius 1 is 0.714 bits per heavy atom. The lowest BCUT2D eigenvalue weighted by Gasteiger charge is -2.30. The highest BCUT2D eigenvalue weighted by Crippen LogP contribution is 2.42. The Morgan fingerprint density at radius 2 is 1.18 bits per heavy atom. The first kappa shape index (κ1) is 49.0. The van der Waals surface area contributed by atoms with E-state index in [2.05, 4.69) is 35.8 Å². The second kappa shape index (κ2) is 29.1. The zero-order chi connectivity index (χ0) is 41.0. The Hall–Kier alpha value is -3.15. The van der Waals surface area contributed by atoms with Crippen LogP contribution < -0.4 is 39.0 Å². The van der Waals surface area contributed by atoms with Gasteiger partial charge >= 0.3 is 7.60 Å². The monoisotopic (exact) mass is 820 g/mol. The first-order valence-corrected chi connectivity index (χ1v) is 20.6. The second-order valence-corrected chi connectivity index (χ2v) is 14.8. The van der Waals surface area contributed by atoms with Gasteiger partial charge in [0.2, 0.25) is 23.6 Å². The molecule has 1 saturated carbocycles. The number of rotatable bonds is 31. The fraction of sp³-hybridized carbons (Fsp3) is 0.706. The minimum Gasteiger partial charge on any atom is -0.377 e. The molecular weight excluding hydrogens is 759 g/mol. The number of nitrogens with two attached hydrogens (primary N) is 3. The molecule has 0 aromatic heterocycles. The molecule has 56 heavy (non-hydrogen) atoms. The molecule has 0 radical (unpaired) electrons. The van der Waals surface area contributed by atoms with Crippen molar-refractivity contribution in [3.63, 3.8) is 0 Å². The molecule has 0 heterocycles. The van der Waals surface area contributed by atoms with Gasteiger partial charge in [-0.1, -0.05) is 24.3 Å². The number of carbonyl (C=O) groups excluding carboxylic acids is 4. The minimum atomic E-state index is -3.59. The van der Waals surface area contributed by atoms with Gasteiger partial charge in [0.1, 0.15) is 0 Å². The Bertz CT molecular complexity index is 1290. The molecule has 11 N–H and O–H groups in total. The number of nitrogens with zero attached hydrogens (tertiary/aromatic N) is 1. The number of carbonyl (C=O) groups is 4. The number of hydrogen-bond donors (Lipinski definition) is 8. The van der Waals surface area contributed by atoms with Crippen molar-refractivity contribution in [1.82, 2.24) is 26.2 Å². The van der Waals surface area contributed by atoms with Crippen LogP contribution in [0.5, 0.6) is 0 Å². The van der Waals surface area contributed by atoms with Crippen LogP contribution in [0.1, 0.15) is 36.8 Å². The molecule has 1 fully saturated rings. The van der Waals surface area contributed by atoms with E-state index in [1.165, 1.54) is 4.90 Å². The summed E-state index contributed by atoms with van der Waals surface area (Å²) in [7, 11) is -3.59. The Labute approximate surface area is 327 Å². The summed E-state index contributed by atoms with van der Waals surface area (Å²) in [6, 6.07) is 6.34. The summed E-state index contributed by atoms with van der Waals surface area (Å²) in [5.41, 5.74) is 1.56. The van der Waals surface area contributed by atoms with Crippen LogP contribution in [0.3, 0.4) is 0 Å². The van der Waals surface area contributed by atoms with Gasteiger partial charge in [0.15, 0.2) is 0 Å². The molecule has 1 aromatic rings. The highest BCUT2D eigenvalue weighted by atomic mass is 31.2. The van der Waals surface area contributed by atoms with Crippen molar-refractivity contribution >= 4 is 31.2 Å². The van der Waals surface area contributed by atoms with E-state index in [1.807, 2.05) is 24.3 Å². The highest BCUT2D eigenvalue weighted by molar-refractivity contribution is 7.51. The molecule has 1 aromatic carbocycles. The van der Waals surface area contributed by atoms with E-state index in [1.54, 1.807) is 0 Å². The second-order valence-electron chi connectivity index (χ2n) is 13.0. The van der Waals surface area contributed by atoms with Gasteiger partial charge in [0, 0.05) is 38.8 Å². The van der Waals surface area contributed by atoms with E-state index in [-0.39, 0.29) is 123 Å². The van der Waals surface area contributed by atoms with Crippen molar-refractivity contribution in [2.75, 3.05) is 98.9 Å². The molecule has 4 amide bonds. The average Bonchev–Trinajstić information content (AvgIpc) is 3.16. The Morgan fingerprint density at radius 3 is 1.64 bits per heavy atom. The molecule has 1 aliphatic rings. The molecule has 0 spiro atoms. The zero-order valence-corrected chi connectivity index (χ0v) is 33.1. The molecule has 0 bridgehead atoms. The summed E-state index contributed by atoms with van der Waals surface area (Å²) >= 11 is 0. The highest BCUT2D eigenvalue weighted by Gasteiger charge is 2.31. The summed E-state index contributed by atoms with van der Waals surface area (Å²) in [6.07, 6.45) is 1.94. The summed E-state index contributed by atoms with van der Waals surface area (Å²) in [5.74, 6) is 13.4. The van der Waals surface area contributed by atoms with Crippen LogP contribution >= 0.6 is 7.60 Å². The third-order valence-electron chi connectivity index (χ3n) is 8.46. The Kier molecular flexibility index (Phi) is 25.5. The molecule has 0 saturated heterocycles. The molecule has 22 heteroatoms. The van der Waals surface area contributed by atoms with Crippen molar-refractivity contribution in [2.45, 2.75) is 50.8 Å². The fourth-order valence-electron chi connectivity index (χ4n) is 5.72. The molecule has 320 valence electrons. The predicted octanol–water partition coefficient (Wildman–Crippen LogP) is -2.02. The number of amides is 4. The maximum Gasteiger partial charge on any atom is 0.325 e. The zero-order valence-electron chi connectivity index (χ0n) is 32.2. The quantitative estimate of drug-likeness (QED) is 0.0228. The van der Waals surface area contributed by atoms with Gasteiger partial charge in [-0.3, -0.25) is 28.6 Å². The lowest BCUT2D eigenvalue weighted by molar-refractivity contribution is -0.132. The largest absolute Gasteiger partial charge is 0.377 e. The van der Waals surface area contributed by atoms with Gasteiger partial charge in [-0.2, -0.15) is 0 Å². The number of nitrogens with one attached hydrogen (secondary N) is 4. The normalized spacial score (nSPS) is 17.2. The Balaban J connectivity index is 2.13. The molecule has 1 unspecified atom stereocenters. The third kappa shape index (κ3) is 22.6. The molecule has 0 aliphatic heterocycles. The van der Waals surface area contributed by atoms with Crippen LogP contribution in [0.15, 0.2) is 24.3 Å². The van der Waals surface area contributed by atoms with Crippen molar-refractivity contribution in [3.05, 3.63) is 35.4 Å². The first-order chi connectivity index (χ1) is 26.9. The van der Waals surface area contributed by atoms with Gasteiger partial charge in [0.25, 0.3) is 0 Å². The van der Waals surface area contributed by atoms with E-state index in [0.29, 0.717) is 25.7 Å². The van der Waals surface area contributed by atoms with Gasteiger partial charge in [-0.05, 0) is 43.2 Å². The van der Waals surface area contributed by atoms with Crippen molar-refractivity contribution in [1.29, 1.82) is 0 Å². The van der Waals surface area contributed by atoms with Gasteiger partial charge in [0.05, 0.1) is 84.7 Å². The SMILES string of the molecule is CP(=O)(O)OC1CCC(C(=O)NCc2ccc(C[C@@H](C(=O)NCCOCCON)N(CC(=O)NCCOCCON)CC(=O)NCCOCCON)cc2)CC1. The van der Waals surface area contributed by atoms with Gasteiger partial charge < -0.3 is 59.4 Å². The summed E-state index contributed by atoms with van der Waals surface area (Å²) in [5, 5.41) is 11.3. The predicted molar refractivity (Wildman–Crippen MR) is 202 cm³/mol. The smallest absolute Gasteiger partial charge is 0.325 e. The molecule has 1 aliphatic carbocycles. The van der Waals surface area contributed by atoms with Crippen molar-refractivity contribution in [2.24, 2.45) is 23.6 Å². The number of hydrogen-bond acceptors (Lipinski definition) is 16. The van der Waals surface area contributed by atoms with Gasteiger partial charge in [-0.15, -0.1) is 0 Å². The van der Waals surface area contributed by atoms with Crippen LogP contribution in [0.2, 0.25) is 0 Å². The van der Waals surface area contributed by atoms with Crippen LogP contribution in [0.25, 0.3) is 0 Å². The van der Waals surface area contributed by atoms with Crippen molar-refractivity contribution in [3.8, 4) is 0 Å². The van der Waals surface area contributed by atoms with Crippen LogP contribution in [-0.4, -0.2) is 144 Å². The molecule has 21 nitrogen and oxygen atoms in total. The van der Waals surface area contributed by atoms with Crippen molar-refractivity contribution < 1.29 is 61.9 Å². The fourth-order valence-corrected chi connectivity index (χ4v) is 6.48. The third-order valence-corrected chi connectivity index (χ3v) is 9.15.